The molecular weight excluding hydrogens is 561 g/mol. The van der Waals surface area contributed by atoms with Crippen LogP contribution in [0.1, 0.15) is 91.7 Å². The fraction of sp³-hybridized carbons (Fsp3) is 0.654. The van der Waals surface area contributed by atoms with E-state index in [0.717, 1.165) is 4.05 Å². The third-order valence-corrected chi connectivity index (χ3v) is 23.7. The summed E-state index contributed by atoms with van der Waals surface area (Å²) in [6.07, 6.45) is 12.7. The molecule has 2 aromatic rings. The molecule has 7 heteroatoms. The van der Waals surface area contributed by atoms with Gasteiger partial charge in [0.15, 0.2) is 0 Å². The van der Waals surface area contributed by atoms with Crippen LogP contribution in [-0.2, 0) is 0 Å². The van der Waals surface area contributed by atoms with Gasteiger partial charge in [-0.2, -0.15) is 0 Å². The van der Waals surface area contributed by atoms with Gasteiger partial charge in [-0.05, 0) is 0 Å². The second-order valence-electron chi connectivity index (χ2n) is 9.43. The van der Waals surface area contributed by atoms with E-state index in [1.165, 1.54) is 77.9 Å². The van der Waals surface area contributed by atoms with E-state index in [9.17, 15) is 0 Å². The first-order valence-electron chi connectivity index (χ1n) is 13.0. The van der Waals surface area contributed by atoms with Gasteiger partial charge in [-0.1, -0.05) is 13.8 Å². The van der Waals surface area contributed by atoms with Crippen LogP contribution in [0.15, 0.2) is 42.9 Å². The molecule has 0 aliphatic carbocycles. The molecule has 0 saturated heterocycles. The van der Waals surface area contributed by atoms with Crippen LogP contribution < -0.4 is 3.71 Å². The fourth-order valence-electron chi connectivity index (χ4n) is 4.03. The molecule has 0 radical (unpaired) electrons. The van der Waals surface area contributed by atoms with E-state index < -0.39 is 18.4 Å². The summed E-state index contributed by atoms with van der Waals surface area (Å²) in [5, 5.41) is 0. The van der Waals surface area contributed by atoms with Crippen LogP contribution in [0.2, 0.25) is 17.4 Å². The van der Waals surface area contributed by atoms with Crippen molar-refractivity contribution in [1.82, 2.24) is 9.55 Å². The van der Waals surface area contributed by atoms with Gasteiger partial charge in [0, 0.05) is 0 Å². The summed E-state index contributed by atoms with van der Waals surface area (Å²) in [6.45, 7) is 13.6. The van der Waals surface area contributed by atoms with Crippen molar-refractivity contribution in [2.45, 2.75) is 103 Å². The van der Waals surface area contributed by atoms with Gasteiger partial charge in [-0.3, -0.25) is 0 Å². The van der Waals surface area contributed by atoms with Crippen molar-refractivity contribution in [2.24, 2.45) is 0 Å². The number of halogens is 2. The molecule has 0 aliphatic heterocycles. The molecule has 1 aromatic heterocycles. The van der Waals surface area contributed by atoms with E-state index in [4.69, 9.17) is 14.1 Å². The fourth-order valence-corrected chi connectivity index (χ4v) is 19.3. The summed E-state index contributed by atoms with van der Waals surface area (Å²) in [6, 6.07) is 11.2. The Kier molecular flexibility index (Phi) is 22.0. The molecule has 2 nitrogen and oxygen atoms in total. The Hall–Kier alpha value is 1.17. The minimum absolute atomic E-state index is 0.179. The number of imidazole rings is 1. The number of aromatic nitrogens is 2. The Bertz CT molecular complexity index is 679. The molecule has 0 amide bonds. The van der Waals surface area contributed by atoms with Crippen LogP contribution in [0.3, 0.4) is 0 Å². The Morgan fingerprint density at radius 1 is 0.909 bits per heavy atom. The van der Waals surface area contributed by atoms with Crippen LogP contribution in [-0.4, -0.2) is 63.9 Å². The van der Waals surface area contributed by atoms with Crippen molar-refractivity contribution in [3.8, 4) is 0 Å². The van der Waals surface area contributed by atoms with Gasteiger partial charge in [0.05, 0.1) is 0 Å². The predicted octanol–water partition coefficient (Wildman–Crippen LogP) is 8.53. The average molecular weight is 607 g/mol. The second-order valence-corrected chi connectivity index (χ2v) is 25.4. The normalized spacial score (nSPS) is 11.7. The summed E-state index contributed by atoms with van der Waals surface area (Å²) < 4.78 is 9.15. The van der Waals surface area contributed by atoms with Crippen molar-refractivity contribution in [1.29, 1.82) is 0 Å². The van der Waals surface area contributed by atoms with Crippen LogP contribution in [0, 0.1) is 0 Å². The first-order valence-corrected chi connectivity index (χ1v) is 24.2. The third kappa shape index (κ3) is 13.3. The Morgan fingerprint density at radius 2 is 1.36 bits per heavy atom. The van der Waals surface area contributed by atoms with Crippen LogP contribution in [0.25, 0.3) is 0 Å². The summed E-state index contributed by atoms with van der Waals surface area (Å²) >= 11 is -1.10. The van der Waals surface area contributed by atoms with Gasteiger partial charge in [0.1, 0.15) is 0 Å². The van der Waals surface area contributed by atoms with E-state index in [-0.39, 0.29) is 19.3 Å². The number of nitrogens with zero attached hydrogens (tertiary/aromatic N) is 2. The van der Waals surface area contributed by atoms with E-state index >= 15 is 0 Å². The molecule has 0 N–H and O–H groups in total. The second kappa shape index (κ2) is 21.3. The molecule has 0 fully saturated rings. The molecule has 1 unspecified atom stereocenters. The molecule has 1 aromatic carbocycles. The van der Waals surface area contributed by atoms with Crippen LogP contribution >= 0.6 is 18.9 Å². The molecule has 2 rings (SSSR count). The molecular formula is C26H45Cl2LiMgN2Sn. The Morgan fingerprint density at radius 3 is 1.76 bits per heavy atom. The first kappa shape index (κ1) is 34.2. The topological polar surface area (TPSA) is 17.8 Å². The van der Waals surface area contributed by atoms with Crippen molar-refractivity contribution < 1.29 is 0 Å². The molecule has 0 aliphatic rings. The molecule has 0 saturated carbocycles. The van der Waals surface area contributed by atoms with Crippen molar-refractivity contribution in [2.75, 3.05) is 0 Å². The van der Waals surface area contributed by atoms with Gasteiger partial charge >= 0.3 is 211 Å². The molecule has 0 spiro atoms. The van der Waals surface area contributed by atoms with Gasteiger partial charge in [-0.15, -0.1) is 4.05 Å². The van der Waals surface area contributed by atoms with E-state index in [2.05, 4.69) is 98.8 Å². The molecule has 0 bridgehead atoms. The van der Waals surface area contributed by atoms with Gasteiger partial charge in [0.25, 0.3) is 0 Å². The summed E-state index contributed by atoms with van der Waals surface area (Å²) in [4.78, 5) is 5.05. The average Bonchev–Trinajstić information content (AvgIpc) is 3.36. The van der Waals surface area contributed by atoms with Crippen molar-refractivity contribution in [3.05, 3.63) is 48.4 Å². The summed E-state index contributed by atoms with van der Waals surface area (Å²) in [7, 11) is 10.1. The SMILES string of the molecule is CCC[CH2][Sn]([CH2]CCC)([CH2]CCC)[c]1cn(C(C)c2ccccc2)cn1.C[CH](C)[Mg][Cl].[Li][Cl]. The van der Waals surface area contributed by atoms with Gasteiger partial charge in [-0.25, -0.2) is 0 Å². The zero-order chi connectivity index (χ0) is 25.1. The maximum atomic E-state index is 5.48. The zero-order valence-corrected chi connectivity index (χ0v) is 28.2. The Labute approximate surface area is 236 Å². The van der Waals surface area contributed by atoms with Gasteiger partial charge in [0.2, 0.25) is 0 Å². The third-order valence-electron chi connectivity index (χ3n) is 6.21. The zero-order valence-electron chi connectivity index (χ0n) is 22.4. The number of hydrogen-bond donors (Lipinski definition) is 0. The number of rotatable bonds is 13. The van der Waals surface area contributed by atoms with E-state index in [1.807, 2.05) is 0 Å². The maximum absolute atomic E-state index is 5.48. The van der Waals surface area contributed by atoms with Gasteiger partial charge < -0.3 is 9.07 Å². The summed E-state index contributed by atoms with van der Waals surface area (Å²) in [5.41, 5.74) is 1.37. The first-order chi connectivity index (χ1) is 15.9. The number of unbranched alkanes of at least 4 members (excludes halogenated alkanes) is 3. The van der Waals surface area contributed by atoms with Crippen LogP contribution in [0.5, 0.6) is 0 Å². The molecule has 1 atom stereocenters. The van der Waals surface area contributed by atoms with E-state index in [1.54, 1.807) is 0 Å². The van der Waals surface area contributed by atoms with Crippen LogP contribution in [0.4, 0.5) is 0 Å². The van der Waals surface area contributed by atoms with Crippen molar-refractivity contribution in [3.63, 3.8) is 0 Å². The minimum atomic E-state index is -2.39. The standard InChI is InChI=1S/C11H11N2.3C4H9.C3H7.2ClH.Li.Mg.Sn/c1-10(13-8-7-12-9-13)11-5-3-2-4-6-11;3*1-3-4-2;1-3-2;;;;;/h2-6,8-10H,1H3;3*1,3-4H2,2H3;3H,1-2H3;2*1H;;;/q;;;;;;;2*+1;/p-2. The summed E-state index contributed by atoms with van der Waals surface area (Å²) in [5.74, 6) is 0. The molecule has 1 heterocycles. The predicted molar refractivity (Wildman–Crippen MR) is 155 cm³/mol. The number of benzene rings is 1. The quantitative estimate of drug-likeness (QED) is 0.209. The van der Waals surface area contributed by atoms with Crippen molar-refractivity contribution >= 4 is 77.0 Å². The number of hydrogen-bond acceptors (Lipinski definition) is 1. The monoisotopic (exact) mass is 606 g/mol. The Balaban J connectivity index is 0.00000129. The molecule has 33 heavy (non-hydrogen) atoms. The molecule has 180 valence electrons. The van der Waals surface area contributed by atoms with E-state index in [0.29, 0.717) is 6.04 Å².